The summed E-state index contributed by atoms with van der Waals surface area (Å²) >= 11 is 0. The van der Waals surface area contributed by atoms with E-state index in [1.807, 2.05) is 18.2 Å². The minimum atomic E-state index is -4.80. The molecule has 0 aromatic rings. The number of esters is 2. The zero-order valence-corrected chi connectivity index (χ0v) is 33.3. The van der Waals surface area contributed by atoms with E-state index in [1.54, 1.807) is 12.2 Å². The standard InChI is InChI=1S/C43H71O8P/c1-3-5-7-9-11-13-15-17-19-20-21-22-24-26-28-30-32-34-36-38-43(45)51-41(40-50-52(46,47)48)39-49-42(44)37-35-33-31-29-27-25-23-18-16-14-12-10-8-6-4-2/h11,13,17,19,21-22,26,28,31-35,37,41H,3-10,12,14-16,18,20,23-25,27,29-30,36,38-40H2,1-2H3,(H2,46,47,48)/b13-11+,19-17+,22-21+,28-26+,33-31+,34-32+,37-35+/t41-/m1/s1. The topological polar surface area (TPSA) is 119 Å². The highest BCUT2D eigenvalue weighted by Crippen LogP contribution is 2.35. The normalized spacial score (nSPS) is 13.4. The summed E-state index contributed by atoms with van der Waals surface area (Å²) in [5, 5.41) is 0. The van der Waals surface area contributed by atoms with E-state index in [1.165, 1.54) is 96.0 Å². The number of phosphoric ester groups is 1. The van der Waals surface area contributed by atoms with E-state index >= 15 is 0 Å². The van der Waals surface area contributed by atoms with Gasteiger partial charge in [-0.2, -0.15) is 0 Å². The first-order chi connectivity index (χ1) is 25.3. The van der Waals surface area contributed by atoms with Gasteiger partial charge in [0.1, 0.15) is 6.61 Å². The highest BCUT2D eigenvalue weighted by atomic mass is 31.2. The Balaban J connectivity index is 4.20. The number of hydrogen-bond donors (Lipinski definition) is 2. The van der Waals surface area contributed by atoms with Gasteiger partial charge in [-0.05, 0) is 57.8 Å². The Morgan fingerprint density at radius 1 is 0.558 bits per heavy atom. The first-order valence-electron chi connectivity index (χ1n) is 19.9. The van der Waals surface area contributed by atoms with Gasteiger partial charge in [-0.25, -0.2) is 9.36 Å². The smallest absolute Gasteiger partial charge is 0.458 e. The number of ether oxygens (including phenoxy) is 2. The molecule has 0 saturated carbocycles. The third-order valence-corrected chi connectivity index (χ3v) is 8.49. The van der Waals surface area contributed by atoms with Gasteiger partial charge in [0.05, 0.1) is 6.61 Å². The van der Waals surface area contributed by atoms with E-state index in [2.05, 4.69) is 67.0 Å². The van der Waals surface area contributed by atoms with Crippen LogP contribution in [0.3, 0.4) is 0 Å². The first kappa shape index (κ1) is 49.2. The fourth-order valence-electron chi connectivity index (χ4n) is 5.03. The van der Waals surface area contributed by atoms with Crippen LogP contribution in [-0.4, -0.2) is 41.0 Å². The molecule has 8 nitrogen and oxygen atoms in total. The molecule has 0 aromatic heterocycles. The van der Waals surface area contributed by atoms with Crippen molar-refractivity contribution in [2.24, 2.45) is 0 Å². The van der Waals surface area contributed by atoms with Gasteiger partial charge in [0, 0.05) is 12.5 Å². The van der Waals surface area contributed by atoms with Crippen molar-refractivity contribution in [3.8, 4) is 0 Å². The quantitative estimate of drug-likeness (QED) is 0.0164. The van der Waals surface area contributed by atoms with E-state index in [0.29, 0.717) is 6.42 Å². The Morgan fingerprint density at radius 2 is 1.00 bits per heavy atom. The van der Waals surface area contributed by atoms with Gasteiger partial charge in [-0.1, -0.05) is 170 Å². The second-order valence-corrected chi connectivity index (χ2v) is 14.2. The van der Waals surface area contributed by atoms with Gasteiger partial charge >= 0.3 is 19.8 Å². The molecule has 52 heavy (non-hydrogen) atoms. The lowest BCUT2D eigenvalue weighted by atomic mass is 10.1. The van der Waals surface area contributed by atoms with Crippen LogP contribution in [0.2, 0.25) is 0 Å². The number of carbonyl (C=O) groups is 2. The molecule has 0 aromatic carbocycles. The van der Waals surface area contributed by atoms with Crippen molar-refractivity contribution in [3.63, 3.8) is 0 Å². The lowest BCUT2D eigenvalue weighted by molar-refractivity contribution is -0.159. The molecular formula is C43H71O8P. The number of phosphoric acid groups is 1. The second kappa shape index (κ2) is 38.0. The maximum Gasteiger partial charge on any atom is 0.469 e. The van der Waals surface area contributed by atoms with Crippen molar-refractivity contribution in [1.29, 1.82) is 0 Å². The van der Waals surface area contributed by atoms with E-state index in [4.69, 9.17) is 19.3 Å². The van der Waals surface area contributed by atoms with Gasteiger partial charge < -0.3 is 19.3 Å². The second-order valence-electron chi connectivity index (χ2n) is 13.0. The van der Waals surface area contributed by atoms with Gasteiger partial charge in [0.25, 0.3) is 0 Å². The predicted molar refractivity (Wildman–Crippen MR) is 216 cm³/mol. The summed E-state index contributed by atoms with van der Waals surface area (Å²) in [5.74, 6) is -1.24. The lowest BCUT2D eigenvalue weighted by Gasteiger charge is -2.17. The number of carbonyl (C=O) groups excluding carboxylic acids is 2. The van der Waals surface area contributed by atoms with Gasteiger partial charge in [0.15, 0.2) is 6.10 Å². The van der Waals surface area contributed by atoms with Crippen LogP contribution in [0.1, 0.15) is 155 Å². The van der Waals surface area contributed by atoms with Crippen molar-refractivity contribution in [2.75, 3.05) is 13.2 Å². The molecule has 1 atom stereocenters. The number of allylic oxidation sites excluding steroid dienone is 13. The molecular weight excluding hydrogens is 675 g/mol. The Kier molecular flexibility index (Phi) is 35.9. The Morgan fingerprint density at radius 3 is 1.54 bits per heavy atom. The van der Waals surface area contributed by atoms with E-state index < -0.39 is 32.5 Å². The molecule has 0 radical (unpaired) electrons. The molecule has 0 aliphatic carbocycles. The lowest BCUT2D eigenvalue weighted by Crippen LogP contribution is -2.29. The highest BCUT2D eigenvalue weighted by Gasteiger charge is 2.22. The predicted octanol–water partition coefficient (Wildman–Crippen LogP) is 12.1. The molecule has 0 saturated heterocycles. The maximum atomic E-state index is 12.3. The SMILES string of the molecule is CCCCC/C=C/C/C=C/C/C=C/C/C=C/C/C=C/CCC(=O)O[C@H](COC(=O)/C=C/C=C/CCCCCCCCCCCCC)COP(=O)(O)O. The zero-order valence-electron chi connectivity index (χ0n) is 32.4. The molecule has 0 spiro atoms. The van der Waals surface area contributed by atoms with Crippen LogP contribution in [-0.2, 0) is 28.2 Å². The fraction of sp³-hybridized carbons (Fsp3) is 0.628. The van der Waals surface area contributed by atoms with E-state index in [0.717, 1.165) is 38.5 Å². The molecule has 0 bridgehead atoms. The van der Waals surface area contributed by atoms with Crippen molar-refractivity contribution in [1.82, 2.24) is 0 Å². The third kappa shape index (κ3) is 40.0. The monoisotopic (exact) mass is 746 g/mol. The minimum absolute atomic E-state index is 0.0648. The maximum absolute atomic E-state index is 12.3. The van der Waals surface area contributed by atoms with Crippen LogP contribution in [0.5, 0.6) is 0 Å². The Hall–Kier alpha value is -2.77. The van der Waals surface area contributed by atoms with Crippen LogP contribution in [0.15, 0.2) is 85.1 Å². The van der Waals surface area contributed by atoms with Gasteiger partial charge in [-0.15, -0.1) is 0 Å². The summed E-state index contributed by atoms with van der Waals surface area (Å²) in [4.78, 5) is 42.6. The van der Waals surface area contributed by atoms with Crippen LogP contribution >= 0.6 is 7.82 Å². The van der Waals surface area contributed by atoms with Crippen molar-refractivity contribution in [3.05, 3.63) is 85.1 Å². The van der Waals surface area contributed by atoms with Crippen LogP contribution in [0, 0.1) is 0 Å². The van der Waals surface area contributed by atoms with Crippen molar-refractivity contribution in [2.45, 2.75) is 161 Å². The largest absolute Gasteiger partial charge is 0.469 e. The van der Waals surface area contributed by atoms with Gasteiger partial charge in [-0.3, -0.25) is 9.32 Å². The molecule has 0 aliphatic rings. The highest BCUT2D eigenvalue weighted by molar-refractivity contribution is 7.46. The molecule has 0 fully saturated rings. The summed E-state index contributed by atoms with van der Waals surface area (Å²) in [6.07, 6.45) is 50.9. The molecule has 0 amide bonds. The Labute approximate surface area is 316 Å². The van der Waals surface area contributed by atoms with E-state index in [-0.39, 0.29) is 13.0 Å². The van der Waals surface area contributed by atoms with E-state index in [9.17, 15) is 14.2 Å². The van der Waals surface area contributed by atoms with Crippen LogP contribution in [0.25, 0.3) is 0 Å². The summed E-state index contributed by atoms with van der Waals surface area (Å²) < 4.78 is 26.1. The molecule has 0 heterocycles. The fourth-order valence-corrected chi connectivity index (χ4v) is 5.39. The summed E-state index contributed by atoms with van der Waals surface area (Å²) in [7, 11) is -4.80. The average molecular weight is 747 g/mol. The first-order valence-corrected chi connectivity index (χ1v) is 21.5. The molecule has 0 unspecified atom stereocenters. The number of hydrogen-bond acceptors (Lipinski definition) is 6. The summed E-state index contributed by atoms with van der Waals surface area (Å²) in [5.41, 5.74) is 0. The molecule has 9 heteroatoms. The number of unbranched alkanes of at least 4 members (excludes halogenated alkanes) is 14. The van der Waals surface area contributed by atoms with Crippen LogP contribution < -0.4 is 0 Å². The minimum Gasteiger partial charge on any atom is -0.458 e. The summed E-state index contributed by atoms with van der Waals surface area (Å²) in [6, 6.07) is 0. The average Bonchev–Trinajstić information content (AvgIpc) is 3.11. The molecule has 2 N–H and O–H groups in total. The zero-order chi connectivity index (χ0) is 38.2. The summed E-state index contributed by atoms with van der Waals surface area (Å²) in [6.45, 7) is 3.47. The molecule has 0 aliphatic heterocycles. The molecule has 296 valence electrons. The van der Waals surface area contributed by atoms with Crippen molar-refractivity contribution < 1.29 is 37.9 Å². The van der Waals surface area contributed by atoms with Crippen LogP contribution in [0.4, 0.5) is 0 Å². The Bertz CT molecular complexity index is 1110. The van der Waals surface area contributed by atoms with Crippen molar-refractivity contribution >= 4 is 19.8 Å². The third-order valence-electron chi connectivity index (χ3n) is 8.00. The van der Waals surface area contributed by atoms with Gasteiger partial charge in [0.2, 0.25) is 0 Å². The number of rotatable bonds is 35. The molecule has 0 rings (SSSR count).